The van der Waals surface area contributed by atoms with Gasteiger partial charge < -0.3 is 9.32 Å². The first kappa shape index (κ1) is 16.6. The van der Waals surface area contributed by atoms with Crippen LogP contribution in [0.3, 0.4) is 0 Å². The standard InChI is InChI=1S/C19H23N5O2/c1-3-4-5-14-13-11-24(9-8-15(13)21-20-14)19(25)17-10-16(22-23-17)18-7-6-12(2)26-18/h6-7,10H,3-5,8-9,11H2,1-2H3,(H,20,21)(H,22,23). The Labute approximate surface area is 151 Å². The summed E-state index contributed by atoms with van der Waals surface area (Å²) in [6.07, 6.45) is 3.99. The fraction of sp³-hybridized carbons (Fsp3) is 0.421. The highest BCUT2D eigenvalue weighted by Crippen LogP contribution is 2.24. The Kier molecular flexibility index (Phi) is 4.36. The maximum atomic E-state index is 12.9. The van der Waals surface area contributed by atoms with Crippen molar-refractivity contribution < 1.29 is 9.21 Å². The van der Waals surface area contributed by atoms with Crippen LogP contribution < -0.4 is 0 Å². The van der Waals surface area contributed by atoms with Gasteiger partial charge in [-0.1, -0.05) is 13.3 Å². The van der Waals surface area contributed by atoms with Gasteiger partial charge in [0.15, 0.2) is 11.5 Å². The molecule has 0 aromatic carbocycles. The lowest BCUT2D eigenvalue weighted by Crippen LogP contribution is -2.36. The fourth-order valence-corrected chi connectivity index (χ4v) is 3.38. The molecule has 0 bridgehead atoms. The van der Waals surface area contributed by atoms with Crippen molar-refractivity contribution in [3.05, 3.63) is 46.6 Å². The van der Waals surface area contributed by atoms with Crippen LogP contribution >= 0.6 is 0 Å². The summed E-state index contributed by atoms with van der Waals surface area (Å²) in [5.41, 5.74) is 4.56. The van der Waals surface area contributed by atoms with Crippen LogP contribution in [0.15, 0.2) is 22.6 Å². The van der Waals surface area contributed by atoms with E-state index < -0.39 is 0 Å². The van der Waals surface area contributed by atoms with Crippen LogP contribution in [-0.4, -0.2) is 37.7 Å². The Hall–Kier alpha value is -2.83. The molecular formula is C19H23N5O2. The van der Waals surface area contributed by atoms with E-state index in [9.17, 15) is 4.79 Å². The molecule has 1 aliphatic rings. The van der Waals surface area contributed by atoms with Crippen LogP contribution in [0.1, 0.15) is 53.0 Å². The molecule has 4 heterocycles. The Balaban J connectivity index is 1.51. The SMILES string of the molecule is CCCCc1n[nH]c2c1CN(C(=O)c1cc(-c3ccc(C)o3)[nH]n1)CC2. The maximum absolute atomic E-state index is 12.9. The summed E-state index contributed by atoms with van der Waals surface area (Å²) in [5, 5.41) is 14.7. The zero-order valence-electron chi connectivity index (χ0n) is 15.1. The molecule has 3 aromatic rings. The summed E-state index contributed by atoms with van der Waals surface area (Å²) in [4.78, 5) is 14.7. The van der Waals surface area contributed by atoms with Gasteiger partial charge in [0.05, 0.1) is 5.69 Å². The van der Waals surface area contributed by atoms with Gasteiger partial charge in [-0.25, -0.2) is 0 Å². The molecule has 3 aromatic heterocycles. The highest BCUT2D eigenvalue weighted by Gasteiger charge is 2.27. The molecule has 1 amide bonds. The average Bonchev–Trinajstić information content (AvgIpc) is 3.38. The molecule has 4 rings (SSSR count). The molecule has 0 spiro atoms. The van der Waals surface area contributed by atoms with Gasteiger partial charge in [-0.3, -0.25) is 15.0 Å². The van der Waals surface area contributed by atoms with E-state index in [1.54, 1.807) is 6.07 Å². The predicted molar refractivity (Wildman–Crippen MR) is 96.7 cm³/mol. The average molecular weight is 353 g/mol. The summed E-state index contributed by atoms with van der Waals surface area (Å²) in [6, 6.07) is 5.51. The number of aromatic nitrogens is 4. The molecule has 0 saturated heterocycles. The number of rotatable bonds is 5. The fourth-order valence-electron chi connectivity index (χ4n) is 3.38. The minimum absolute atomic E-state index is 0.0657. The summed E-state index contributed by atoms with van der Waals surface area (Å²) < 4.78 is 5.59. The van der Waals surface area contributed by atoms with Crippen molar-refractivity contribution in [2.75, 3.05) is 6.54 Å². The Morgan fingerprint density at radius 3 is 2.96 bits per heavy atom. The van der Waals surface area contributed by atoms with Crippen molar-refractivity contribution >= 4 is 5.91 Å². The Morgan fingerprint density at radius 2 is 2.19 bits per heavy atom. The summed E-state index contributed by atoms with van der Waals surface area (Å²) >= 11 is 0. The molecule has 0 saturated carbocycles. The van der Waals surface area contributed by atoms with E-state index in [0.717, 1.165) is 42.8 Å². The number of hydrogen-bond acceptors (Lipinski definition) is 4. The molecule has 0 atom stereocenters. The van der Waals surface area contributed by atoms with Crippen LogP contribution in [-0.2, 0) is 19.4 Å². The number of hydrogen-bond donors (Lipinski definition) is 2. The first-order chi connectivity index (χ1) is 12.7. The van der Waals surface area contributed by atoms with Gasteiger partial charge in [0.2, 0.25) is 0 Å². The molecule has 136 valence electrons. The highest BCUT2D eigenvalue weighted by atomic mass is 16.3. The number of aryl methyl sites for hydroxylation is 2. The minimum atomic E-state index is -0.0657. The van der Waals surface area contributed by atoms with Gasteiger partial charge in [-0.2, -0.15) is 10.2 Å². The van der Waals surface area contributed by atoms with Crippen LogP contribution in [0.5, 0.6) is 0 Å². The van der Waals surface area contributed by atoms with Crippen molar-refractivity contribution in [3.8, 4) is 11.5 Å². The topological polar surface area (TPSA) is 90.8 Å². The van der Waals surface area contributed by atoms with Gasteiger partial charge >= 0.3 is 0 Å². The number of H-pyrrole nitrogens is 2. The molecule has 7 heteroatoms. The molecule has 0 unspecified atom stereocenters. The minimum Gasteiger partial charge on any atom is -0.460 e. The zero-order chi connectivity index (χ0) is 18.1. The monoisotopic (exact) mass is 353 g/mol. The van der Waals surface area contributed by atoms with Gasteiger partial charge in [0.25, 0.3) is 5.91 Å². The largest absolute Gasteiger partial charge is 0.460 e. The molecule has 7 nitrogen and oxygen atoms in total. The lowest BCUT2D eigenvalue weighted by atomic mass is 10.0. The normalized spacial score (nSPS) is 13.8. The van der Waals surface area contributed by atoms with Gasteiger partial charge in [-0.05, 0) is 31.9 Å². The summed E-state index contributed by atoms with van der Waals surface area (Å²) in [5.74, 6) is 1.45. The van der Waals surface area contributed by atoms with E-state index in [-0.39, 0.29) is 5.91 Å². The number of unbranched alkanes of at least 4 members (excludes halogenated alkanes) is 1. The number of furan rings is 1. The second-order valence-corrected chi connectivity index (χ2v) is 6.78. The summed E-state index contributed by atoms with van der Waals surface area (Å²) in [7, 11) is 0. The first-order valence-electron chi connectivity index (χ1n) is 9.12. The van der Waals surface area contributed by atoms with Gasteiger partial charge in [0.1, 0.15) is 11.5 Å². The van der Waals surface area contributed by atoms with Crippen molar-refractivity contribution in [1.29, 1.82) is 0 Å². The number of nitrogens with one attached hydrogen (secondary N) is 2. The van der Waals surface area contributed by atoms with E-state index in [2.05, 4.69) is 27.3 Å². The molecule has 0 aliphatic carbocycles. The number of carbonyl (C=O) groups excluding carboxylic acids is 1. The van der Waals surface area contributed by atoms with Crippen molar-refractivity contribution in [2.45, 2.75) is 46.1 Å². The van der Waals surface area contributed by atoms with Crippen LogP contribution in [0.25, 0.3) is 11.5 Å². The van der Waals surface area contributed by atoms with Crippen LogP contribution in [0.2, 0.25) is 0 Å². The second-order valence-electron chi connectivity index (χ2n) is 6.78. The van der Waals surface area contributed by atoms with E-state index >= 15 is 0 Å². The van der Waals surface area contributed by atoms with Crippen molar-refractivity contribution in [2.24, 2.45) is 0 Å². The maximum Gasteiger partial charge on any atom is 0.274 e. The number of aromatic amines is 2. The van der Waals surface area contributed by atoms with E-state index in [1.807, 2.05) is 24.0 Å². The third-order valence-electron chi connectivity index (χ3n) is 4.88. The lowest BCUT2D eigenvalue weighted by molar-refractivity contribution is 0.0728. The second kappa shape index (κ2) is 6.82. The molecule has 2 N–H and O–H groups in total. The van der Waals surface area contributed by atoms with Gasteiger partial charge in [-0.15, -0.1) is 0 Å². The quantitative estimate of drug-likeness (QED) is 0.737. The molecule has 0 fully saturated rings. The van der Waals surface area contributed by atoms with E-state index in [0.29, 0.717) is 30.2 Å². The smallest absolute Gasteiger partial charge is 0.274 e. The number of amides is 1. The van der Waals surface area contributed by atoms with Crippen LogP contribution in [0.4, 0.5) is 0 Å². The first-order valence-corrected chi connectivity index (χ1v) is 9.12. The molecule has 0 radical (unpaired) electrons. The predicted octanol–water partition coefficient (Wildman–Crippen LogP) is 3.24. The van der Waals surface area contributed by atoms with Crippen LogP contribution in [0, 0.1) is 6.92 Å². The number of carbonyl (C=O) groups is 1. The third-order valence-corrected chi connectivity index (χ3v) is 4.88. The number of fused-ring (bicyclic) bond motifs is 1. The van der Waals surface area contributed by atoms with Crippen molar-refractivity contribution in [3.63, 3.8) is 0 Å². The third kappa shape index (κ3) is 3.05. The van der Waals surface area contributed by atoms with Gasteiger partial charge in [0, 0.05) is 36.8 Å². The Morgan fingerprint density at radius 1 is 1.31 bits per heavy atom. The van der Waals surface area contributed by atoms with E-state index in [1.165, 1.54) is 5.56 Å². The Bertz CT molecular complexity index is 920. The number of nitrogens with zero attached hydrogens (tertiary/aromatic N) is 3. The summed E-state index contributed by atoms with van der Waals surface area (Å²) in [6.45, 7) is 5.32. The lowest BCUT2D eigenvalue weighted by Gasteiger charge is -2.26. The van der Waals surface area contributed by atoms with E-state index in [4.69, 9.17) is 4.42 Å². The molecule has 26 heavy (non-hydrogen) atoms. The highest BCUT2D eigenvalue weighted by molar-refractivity contribution is 5.93. The molecule has 1 aliphatic heterocycles. The zero-order valence-corrected chi connectivity index (χ0v) is 15.1. The molecular weight excluding hydrogens is 330 g/mol. The van der Waals surface area contributed by atoms with Crippen molar-refractivity contribution in [1.82, 2.24) is 25.3 Å².